The molecule has 0 saturated heterocycles. The lowest BCUT2D eigenvalue weighted by Crippen LogP contribution is -2.22. The Labute approximate surface area is 102 Å². The predicted octanol–water partition coefficient (Wildman–Crippen LogP) is 1.04. The maximum absolute atomic E-state index is 11.0. The van der Waals surface area contributed by atoms with Gasteiger partial charge in [0, 0.05) is 19.7 Å². The third kappa shape index (κ3) is 2.91. The van der Waals surface area contributed by atoms with Gasteiger partial charge in [0.15, 0.2) is 0 Å². The third-order valence-electron chi connectivity index (χ3n) is 2.21. The van der Waals surface area contributed by atoms with Crippen molar-refractivity contribution in [3.8, 4) is 6.07 Å². The Kier molecular flexibility index (Phi) is 4.15. The molecule has 18 heavy (non-hydrogen) atoms. The lowest BCUT2D eigenvalue weighted by molar-refractivity contribution is -0.385. The van der Waals surface area contributed by atoms with Gasteiger partial charge in [0.05, 0.1) is 17.4 Å². The normalized spacial score (nSPS) is 9.56. The number of carboxylic acid groups (broad SMARTS) is 1. The average Bonchev–Trinajstić information content (AvgIpc) is 2.34. The number of rotatable bonds is 5. The van der Waals surface area contributed by atoms with Crippen LogP contribution in [-0.4, -0.2) is 34.6 Å². The summed E-state index contributed by atoms with van der Waals surface area (Å²) in [4.78, 5) is 26.1. The van der Waals surface area contributed by atoms with Crippen LogP contribution in [0, 0.1) is 21.4 Å². The molecule has 0 aliphatic carbocycles. The van der Waals surface area contributed by atoms with Crippen LogP contribution in [0.2, 0.25) is 0 Å². The number of carboxylic acids is 1. The molecular formula is C10H10N4O4. The maximum atomic E-state index is 11.0. The zero-order valence-electron chi connectivity index (χ0n) is 9.53. The van der Waals surface area contributed by atoms with Gasteiger partial charge in [-0.15, -0.1) is 0 Å². The molecule has 0 aliphatic heterocycles. The molecule has 0 atom stereocenters. The van der Waals surface area contributed by atoms with Gasteiger partial charge < -0.3 is 10.0 Å². The molecule has 94 valence electrons. The van der Waals surface area contributed by atoms with Crippen LogP contribution >= 0.6 is 0 Å². The summed E-state index contributed by atoms with van der Waals surface area (Å²) in [5.41, 5.74) is -0.644. The van der Waals surface area contributed by atoms with Crippen molar-refractivity contribution < 1.29 is 14.8 Å². The second-order valence-corrected chi connectivity index (χ2v) is 3.46. The number of carbonyl (C=O) groups is 1. The molecule has 1 aromatic rings. The molecule has 1 aromatic heterocycles. The zero-order chi connectivity index (χ0) is 13.7. The van der Waals surface area contributed by atoms with E-state index in [4.69, 9.17) is 10.4 Å². The van der Waals surface area contributed by atoms with Crippen LogP contribution in [0.25, 0.3) is 0 Å². The minimum Gasteiger partial charge on any atom is -0.478 e. The second-order valence-electron chi connectivity index (χ2n) is 3.46. The van der Waals surface area contributed by atoms with Crippen molar-refractivity contribution >= 4 is 17.5 Å². The summed E-state index contributed by atoms with van der Waals surface area (Å²) >= 11 is 0. The summed E-state index contributed by atoms with van der Waals surface area (Å²) in [7, 11) is 1.57. The summed E-state index contributed by atoms with van der Waals surface area (Å²) in [6, 6.07) is 2.87. The second kappa shape index (κ2) is 5.58. The molecule has 0 unspecified atom stereocenters. The Morgan fingerprint density at radius 2 is 2.39 bits per heavy atom. The summed E-state index contributed by atoms with van der Waals surface area (Å²) in [5.74, 6) is -1.20. The molecule has 0 aromatic carbocycles. The van der Waals surface area contributed by atoms with Gasteiger partial charge in [-0.3, -0.25) is 10.1 Å². The van der Waals surface area contributed by atoms with Crippen molar-refractivity contribution in [3.05, 3.63) is 27.9 Å². The highest BCUT2D eigenvalue weighted by atomic mass is 16.6. The standard InChI is InChI=1S/C10H10N4O4/c1-13(4-2-3-11)9-8(10(15)16)5-7(6-12-9)14(17)18/h5-6H,2,4H2,1H3,(H,15,16). The van der Waals surface area contributed by atoms with E-state index in [0.717, 1.165) is 12.3 Å². The first-order chi connectivity index (χ1) is 8.47. The van der Waals surface area contributed by atoms with Crippen molar-refractivity contribution in [1.82, 2.24) is 4.98 Å². The van der Waals surface area contributed by atoms with E-state index in [2.05, 4.69) is 4.98 Å². The fraction of sp³-hybridized carbons (Fsp3) is 0.300. The fourth-order valence-electron chi connectivity index (χ4n) is 1.33. The summed E-state index contributed by atoms with van der Waals surface area (Å²) in [5, 5.41) is 28.0. The number of hydrogen-bond acceptors (Lipinski definition) is 6. The van der Waals surface area contributed by atoms with E-state index in [0.29, 0.717) is 6.54 Å². The molecule has 1 rings (SSSR count). The van der Waals surface area contributed by atoms with Crippen LogP contribution in [0.1, 0.15) is 16.8 Å². The first-order valence-electron chi connectivity index (χ1n) is 4.93. The summed E-state index contributed by atoms with van der Waals surface area (Å²) < 4.78 is 0. The highest BCUT2D eigenvalue weighted by Crippen LogP contribution is 2.21. The van der Waals surface area contributed by atoms with Gasteiger partial charge in [-0.25, -0.2) is 9.78 Å². The summed E-state index contributed by atoms with van der Waals surface area (Å²) in [6.07, 6.45) is 1.19. The molecule has 0 fully saturated rings. The van der Waals surface area contributed by atoms with Crippen LogP contribution < -0.4 is 4.90 Å². The number of nitrogens with zero attached hydrogens (tertiary/aromatic N) is 4. The number of pyridine rings is 1. The molecule has 1 heterocycles. The van der Waals surface area contributed by atoms with Crippen molar-refractivity contribution in [2.24, 2.45) is 0 Å². The van der Waals surface area contributed by atoms with Crippen LogP contribution in [0.5, 0.6) is 0 Å². The van der Waals surface area contributed by atoms with Crippen LogP contribution in [0.4, 0.5) is 11.5 Å². The molecule has 8 nitrogen and oxygen atoms in total. The Morgan fingerprint density at radius 3 is 2.89 bits per heavy atom. The quantitative estimate of drug-likeness (QED) is 0.612. The first kappa shape index (κ1) is 13.4. The van der Waals surface area contributed by atoms with E-state index in [1.165, 1.54) is 4.90 Å². The van der Waals surface area contributed by atoms with Gasteiger partial charge >= 0.3 is 5.97 Å². The minimum absolute atomic E-state index is 0.100. The zero-order valence-corrected chi connectivity index (χ0v) is 9.53. The lowest BCUT2D eigenvalue weighted by atomic mass is 10.2. The highest BCUT2D eigenvalue weighted by Gasteiger charge is 2.19. The fourth-order valence-corrected chi connectivity index (χ4v) is 1.33. The van der Waals surface area contributed by atoms with Crippen molar-refractivity contribution in [1.29, 1.82) is 5.26 Å². The van der Waals surface area contributed by atoms with Crippen LogP contribution in [0.3, 0.4) is 0 Å². The van der Waals surface area contributed by atoms with Crippen molar-refractivity contribution in [2.75, 3.05) is 18.5 Å². The summed E-state index contributed by atoms with van der Waals surface area (Å²) in [6.45, 7) is 0.293. The Balaban J connectivity index is 3.16. The molecule has 0 radical (unpaired) electrons. The van der Waals surface area contributed by atoms with Gasteiger partial charge in [-0.05, 0) is 0 Å². The topological polar surface area (TPSA) is 120 Å². The Morgan fingerprint density at radius 1 is 1.72 bits per heavy atom. The number of nitriles is 1. The van der Waals surface area contributed by atoms with Crippen molar-refractivity contribution in [2.45, 2.75) is 6.42 Å². The minimum atomic E-state index is -1.30. The third-order valence-corrected chi connectivity index (χ3v) is 2.21. The smallest absolute Gasteiger partial charge is 0.339 e. The highest BCUT2D eigenvalue weighted by molar-refractivity contribution is 5.94. The molecule has 0 bridgehead atoms. The molecule has 8 heteroatoms. The van der Waals surface area contributed by atoms with Gasteiger partial charge in [0.25, 0.3) is 5.69 Å². The first-order valence-corrected chi connectivity index (χ1v) is 4.93. The Hall–Kier alpha value is -2.69. The lowest BCUT2D eigenvalue weighted by Gasteiger charge is -2.17. The molecule has 0 aliphatic rings. The van der Waals surface area contributed by atoms with Gasteiger partial charge in [0.1, 0.15) is 17.6 Å². The number of anilines is 1. The maximum Gasteiger partial charge on any atom is 0.339 e. The predicted molar refractivity (Wildman–Crippen MR) is 61.4 cm³/mol. The molecule has 0 saturated carbocycles. The molecule has 0 amide bonds. The van der Waals surface area contributed by atoms with E-state index in [9.17, 15) is 14.9 Å². The number of aromatic nitrogens is 1. The van der Waals surface area contributed by atoms with Gasteiger partial charge in [-0.1, -0.05) is 0 Å². The van der Waals surface area contributed by atoms with Gasteiger partial charge in [0.2, 0.25) is 0 Å². The van der Waals surface area contributed by atoms with E-state index < -0.39 is 10.9 Å². The van der Waals surface area contributed by atoms with Crippen LogP contribution in [0.15, 0.2) is 12.3 Å². The van der Waals surface area contributed by atoms with E-state index in [-0.39, 0.29) is 23.5 Å². The molecule has 1 N–H and O–H groups in total. The van der Waals surface area contributed by atoms with Crippen molar-refractivity contribution in [3.63, 3.8) is 0 Å². The molecule has 0 spiro atoms. The average molecular weight is 250 g/mol. The van der Waals surface area contributed by atoms with E-state index in [1.54, 1.807) is 7.05 Å². The van der Waals surface area contributed by atoms with E-state index >= 15 is 0 Å². The van der Waals surface area contributed by atoms with Crippen LogP contribution in [-0.2, 0) is 0 Å². The Bertz CT molecular complexity index is 523. The number of aromatic carboxylic acids is 1. The number of hydrogen-bond donors (Lipinski definition) is 1. The largest absolute Gasteiger partial charge is 0.478 e. The number of nitro groups is 1. The SMILES string of the molecule is CN(CCC#N)c1ncc([N+](=O)[O-])cc1C(=O)O. The van der Waals surface area contributed by atoms with Gasteiger partial charge in [-0.2, -0.15) is 5.26 Å². The molecular weight excluding hydrogens is 240 g/mol. The monoisotopic (exact) mass is 250 g/mol. The van der Waals surface area contributed by atoms with E-state index in [1.807, 2.05) is 6.07 Å².